The molecule has 1 aromatic heterocycles. The maximum atomic E-state index is 13.0. The second-order valence-electron chi connectivity index (χ2n) is 6.41. The smallest absolute Gasteiger partial charge is 0.278 e. The predicted molar refractivity (Wildman–Crippen MR) is 99.8 cm³/mol. The summed E-state index contributed by atoms with van der Waals surface area (Å²) in [6.45, 7) is 2.43. The summed E-state index contributed by atoms with van der Waals surface area (Å²) in [7, 11) is 1.53. The molecule has 0 radical (unpaired) electrons. The number of rotatable bonds is 6. The first-order valence-electron chi connectivity index (χ1n) is 8.76. The normalized spacial score (nSPS) is 15.5. The van der Waals surface area contributed by atoms with Crippen LogP contribution in [0.15, 0.2) is 41.2 Å². The van der Waals surface area contributed by atoms with Crippen LogP contribution < -0.4 is 15.8 Å². The number of carbonyl (C=O) groups is 2. The Morgan fingerprint density at radius 3 is 2.81 bits per heavy atom. The highest BCUT2D eigenvalue weighted by Gasteiger charge is 2.32. The summed E-state index contributed by atoms with van der Waals surface area (Å²) in [5.74, 6) is -0.660. The summed E-state index contributed by atoms with van der Waals surface area (Å²) in [6.07, 6.45) is 0.767. The van der Waals surface area contributed by atoms with Gasteiger partial charge >= 0.3 is 0 Å². The lowest BCUT2D eigenvalue weighted by Gasteiger charge is -2.22. The van der Waals surface area contributed by atoms with Gasteiger partial charge in [0.1, 0.15) is 12.2 Å². The highest BCUT2D eigenvalue weighted by molar-refractivity contribution is 6.06. The predicted octanol–water partition coefficient (Wildman–Crippen LogP) is 0.597. The van der Waals surface area contributed by atoms with E-state index in [0.29, 0.717) is 13.2 Å². The summed E-state index contributed by atoms with van der Waals surface area (Å²) in [6, 6.07) is 10.4. The number of hydrogen-bond donors (Lipinski definition) is 1. The largest absolute Gasteiger partial charge is 0.383 e. The maximum absolute atomic E-state index is 13.0. The lowest BCUT2D eigenvalue weighted by Crippen LogP contribution is -2.39. The second-order valence-corrected chi connectivity index (χ2v) is 6.41. The van der Waals surface area contributed by atoms with E-state index >= 15 is 0 Å². The van der Waals surface area contributed by atoms with Crippen molar-refractivity contribution in [1.29, 1.82) is 0 Å². The van der Waals surface area contributed by atoms with Crippen molar-refractivity contribution in [1.82, 2.24) is 15.1 Å². The first kappa shape index (κ1) is 18.8. The van der Waals surface area contributed by atoms with Crippen molar-refractivity contribution in [3.05, 3.63) is 58.0 Å². The minimum atomic E-state index is -0.441. The zero-order valence-electron chi connectivity index (χ0n) is 15.3. The third kappa shape index (κ3) is 4.06. The van der Waals surface area contributed by atoms with Gasteiger partial charge in [-0.25, -0.2) is 4.68 Å². The van der Waals surface area contributed by atoms with Crippen molar-refractivity contribution in [2.24, 2.45) is 0 Å². The van der Waals surface area contributed by atoms with Gasteiger partial charge in [-0.15, -0.1) is 0 Å². The van der Waals surface area contributed by atoms with Crippen LogP contribution >= 0.6 is 0 Å². The first-order chi connectivity index (χ1) is 13.0. The molecule has 8 heteroatoms. The molecule has 2 heterocycles. The second kappa shape index (κ2) is 8.13. The number of para-hydroxylation sites is 1. The van der Waals surface area contributed by atoms with Crippen molar-refractivity contribution in [2.75, 3.05) is 25.2 Å². The Morgan fingerprint density at radius 2 is 2.04 bits per heavy atom. The van der Waals surface area contributed by atoms with E-state index in [9.17, 15) is 14.4 Å². The molecule has 1 aromatic carbocycles. The summed E-state index contributed by atoms with van der Waals surface area (Å²) in [5.41, 5.74) is 1.64. The Balaban J connectivity index is 1.80. The molecule has 3 rings (SSSR count). The van der Waals surface area contributed by atoms with Crippen LogP contribution in [0.2, 0.25) is 0 Å². The molecule has 0 saturated heterocycles. The van der Waals surface area contributed by atoms with Crippen molar-refractivity contribution >= 4 is 17.5 Å². The number of nitrogens with zero attached hydrogens (tertiary/aromatic N) is 3. The number of hydrogen-bond acceptors (Lipinski definition) is 5. The van der Waals surface area contributed by atoms with E-state index in [0.717, 1.165) is 22.4 Å². The van der Waals surface area contributed by atoms with Crippen molar-refractivity contribution < 1.29 is 14.3 Å². The first-order valence-corrected chi connectivity index (χ1v) is 8.76. The lowest BCUT2D eigenvalue weighted by molar-refractivity contribution is -0.122. The molecule has 0 spiro atoms. The molecule has 1 atom stereocenters. The zero-order chi connectivity index (χ0) is 19.4. The van der Waals surface area contributed by atoms with E-state index in [-0.39, 0.29) is 30.1 Å². The molecular formula is C19H22N4O4. The van der Waals surface area contributed by atoms with Crippen molar-refractivity contribution in [3.63, 3.8) is 0 Å². The third-order valence-electron chi connectivity index (χ3n) is 4.43. The van der Waals surface area contributed by atoms with Gasteiger partial charge in [0, 0.05) is 31.5 Å². The Labute approximate surface area is 156 Å². The number of aromatic nitrogens is 2. The van der Waals surface area contributed by atoms with Crippen LogP contribution in [0, 0.1) is 0 Å². The minimum Gasteiger partial charge on any atom is -0.383 e. The van der Waals surface area contributed by atoms with E-state index in [1.165, 1.54) is 19.2 Å². The van der Waals surface area contributed by atoms with E-state index in [1.807, 2.05) is 31.2 Å². The molecule has 27 heavy (non-hydrogen) atoms. The standard InChI is InChI=1S/C19H22N4O4/c1-13-11-14-5-3-4-6-16(14)23(13)19(26)15-7-8-18(25)22(21-15)12-17(24)20-9-10-27-2/h3-8,13H,9-12H2,1-2H3,(H,20,24)/t13-/m1/s1. The van der Waals surface area contributed by atoms with Crippen LogP contribution in [0.1, 0.15) is 23.0 Å². The molecule has 1 aliphatic rings. The number of ether oxygens (including phenoxy) is 1. The van der Waals surface area contributed by atoms with Crippen LogP contribution in [0.3, 0.4) is 0 Å². The van der Waals surface area contributed by atoms with Crippen molar-refractivity contribution in [2.45, 2.75) is 25.9 Å². The molecule has 0 fully saturated rings. The quantitative estimate of drug-likeness (QED) is 0.752. The summed E-state index contributed by atoms with van der Waals surface area (Å²) < 4.78 is 5.87. The molecule has 142 valence electrons. The van der Waals surface area contributed by atoms with Gasteiger partial charge in [0.15, 0.2) is 0 Å². The Hall–Kier alpha value is -3.00. The molecule has 1 N–H and O–H groups in total. The fourth-order valence-electron chi connectivity index (χ4n) is 3.16. The number of fused-ring (bicyclic) bond motifs is 1. The molecule has 8 nitrogen and oxygen atoms in total. The number of nitrogens with one attached hydrogen (secondary N) is 1. The number of amides is 2. The van der Waals surface area contributed by atoms with Gasteiger partial charge in [0.25, 0.3) is 11.5 Å². The molecule has 0 aliphatic carbocycles. The molecular weight excluding hydrogens is 348 g/mol. The number of benzene rings is 1. The van der Waals surface area contributed by atoms with Gasteiger partial charge in [-0.05, 0) is 31.0 Å². The zero-order valence-corrected chi connectivity index (χ0v) is 15.3. The van der Waals surface area contributed by atoms with Crippen LogP contribution in [0.5, 0.6) is 0 Å². The Morgan fingerprint density at radius 1 is 1.26 bits per heavy atom. The van der Waals surface area contributed by atoms with Gasteiger partial charge < -0.3 is 15.0 Å². The number of anilines is 1. The fourth-order valence-corrected chi connectivity index (χ4v) is 3.16. The fraction of sp³-hybridized carbons (Fsp3) is 0.368. The average molecular weight is 370 g/mol. The van der Waals surface area contributed by atoms with Gasteiger partial charge in [-0.1, -0.05) is 18.2 Å². The molecule has 2 aromatic rings. The lowest BCUT2D eigenvalue weighted by atomic mass is 10.1. The maximum Gasteiger partial charge on any atom is 0.278 e. The molecule has 0 saturated carbocycles. The molecule has 0 bridgehead atoms. The molecule has 2 amide bonds. The Bertz CT molecular complexity index is 909. The van der Waals surface area contributed by atoms with E-state index < -0.39 is 5.56 Å². The summed E-state index contributed by atoms with van der Waals surface area (Å²) >= 11 is 0. The van der Waals surface area contributed by atoms with E-state index in [2.05, 4.69) is 10.4 Å². The summed E-state index contributed by atoms with van der Waals surface area (Å²) in [4.78, 5) is 38.6. The summed E-state index contributed by atoms with van der Waals surface area (Å²) in [5, 5.41) is 6.74. The number of carbonyl (C=O) groups excluding carboxylic acids is 2. The van der Waals surface area contributed by atoms with Crippen molar-refractivity contribution in [3.8, 4) is 0 Å². The van der Waals surface area contributed by atoms with Crippen LogP contribution in [0.25, 0.3) is 0 Å². The topological polar surface area (TPSA) is 93.5 Å². The molecule has 0 unspecified atom stereocenters. The highest BCUT2D eigenvalue weighted by Crippen LogP contribution is 2.32. The van der Waals surface area contributed by atoms with Gasteiger partial charge in [0.2, 0.25) is 5.91 Å². The molecule has 1 aliphatic heterocycles. The van der Waals surface area contributed by atoms with Gasteiger partial charge in [-0.3, -0.25) is 14.4 Å². The van der Waals surface area contributed by atoms with E-state index in [4.69, 9.17) is 4.74 Å². The van der Waals surface area contributed by atoms with E-state index in [1.54, 1.807) is 4.90 Å². The van der Waals surface area contributed by atoms with Gasteiger partial charge in [-0.2, -0.15) is 5.10 Å². The van der Waals surface area contributed by atoms with Crippen LogP contribution in [-0.2, 0) is 22.5 Å². The minimum absolute atomic E-state index is 0.00517. The monoisotopic (exact) mass is 370 g/mol. The third-order valence-corrected chi connectivity index (χ3v) is 4.43. The Kier molecular flexibility index (Phi) is 5.66. The number of methoxy groups -OCH3 is 1. The van der Waals surface area contributed by atoms with Gasteiger partial charge in [0.05, 0.1) is 6.61 Å². The SMILES string of the molecule is COCCNC(=O)Cn1nc(C(=O)N2c3ccccc3C[C@H]2C)ccc1=O. The van der Waals surface area contributed by atoms with Crippen LogP contribution in [-0.4, -0.2) is 47.9 Å². The average Bonchev–Trinajstić information content (AvgIpc) is 2.99. The highest BCUT2D eigenvalue weighted by atomic mass is 16.5. The van der Waals surface area contributed by atoms with Crippen LogP contribution in [0.4, 0.5) is 5.69 Å².